The van der Waals surface area contributed by atoms with Crippen LogP contribution >= 0.6 is 0 Å². The van der Waals surface area contributed by atoms with Gasteiger partial charge in [-0.3, -0.25) is 0 Å². The molecule has 0 aliphatic carbocycles. The Morgan fingerprint density at radius 3 is 2.76 bits per heavy atom. The number of anilines is 1. The predicted octanol–water partition coefficient (Wildman–Crippen LogP) is 0.471. The third-order valence-electron chi connectivity index (χ3n) is 2.65. The number of hydrogen-bond donors (Lipinski definition) is 2. The van der Waals surface area contributed by atoms with E-state index in [2.05, 4.69) is 15.5 Å². The van der Waals surface area contributed by atoms with E-state index in [0.717, 1.165) is 4.68 Å². The zero-order valence-corrected chi connectivity index (χ0v) is 9.44. The monoisotopic (exact) mass is 237 g/mol. The van der Waals surface area contributed by atoms with Gasteiger partial charge in [0.05, 0.1) is 5.54 Å². The summed E-state index contributed by atoms with van der Waals surface area (Å²) < 4.78 is 14.8. The van der Waals surface area contributed by atoms with E-state index >= 15 is 0 Å². The SMILES string of the molecule is CC(C)(c1cc(N)ccc1F)n1nn[nH]c1=O. The van der Waals surface area contributed by atoms with Gasteiger partial charge < -0.3 is 5.73 Å². The van der Waals surface area contributed by atoms with Crippen molar-refractivity contribution >= 4 is 5.69 Å². The van der Waals surface area contributed by atoms with Gasteiger partial charge in [-0.25, -0.2) is 14.3 Å². The number of aromatic amines is 1. The fourth-order valence-corrected chi connectivity index (χ4v) is 1.69. The van der Waals surface area contributed by atoms with Crippen molar-refractivity contribution in [3.63, 3.8) is 0 Å². The first kappa shape index (κ1) is 11.3. The minimum absolute atomic E-state index is 0.286. The minimum Gasteiger partial charge on any atom is -0.399 e. The van der Waals surface area contributed by atoms with E-state index in [9.17, 15) is 9.18 Å². The van der Waals surface area contributed by atoms with Crippen LogP contribution in [-0.2, 0) is 5.54 Å². The van der Waals surface area contributed by atoms with E-state index in [1.54, 1.807) is 13.8 Å². The molecule has 0 aliphatic heterocycles. The molecule has 0 atom stereocenters. The van der Waals surface area contributed by atoms with Crippen LogP contribution in [0, 0.1) is 5.82 Å². The van der Waals surface area contributed by atoms with E-state index in [4.69, 9.17) is 5.73 Å². The molecule has 3 N–H and O–H groups in total. The van der Waals surface area contributed by atoms with Crippen molar-refractivity contribution in [3.05, 3.63) is 40.1 Å². The number of nitrogens with zero attached hydrogens (tertiary/aromatic N) is 3. The molecule has 1 aromatic heterocycles. The maximum Gasteiger partial charge on any atom is 0.361 e. The van der Waals surface area contributed by atoms with E-state index in [-0.39, 0.29) is 5.56 Å². The molecule has 7 heteroatoms. The third-order valence-corrected chi connectivity index (χ3v) is 2.65. The topological polar surface area (TPSA) is 89.6 Å². The van der Waals surface area contributed by atoms with Crippen LogP contribution in [0.15, 0.2) is 23.0 Å². The van der Waals surface area contributed by atoms with E-state index in [0.29, 0.717) is 5.69 Å². The number of H-pyrrole nitrogens is 1. The number of nitrogen functional groups attached to an aromatic ring is 1. The Morgan fingerprint density at radius 2 is 2.18 bits per heavy atom. The molecule has 2 aromatic rings. The van der Waals surface area contributed by atoms with Crippen molar-refractivity contribution in [2.45, 2.75) is 19.4 Å². The molecule has 0 spiro atoms. The van der Waals surface area contributed by atoms with Crippen molar-refractivity contribution in [1.29, 1.82) is 0 Å². The van der Waals surface area contributed by atoms with Crippen LogP contribution < -0.4 is 11.4 Å². The van der Waals surface area contributed by atoms with Crippen LogP contribution in [0.1, 0.15) is 19.4 Å². The first-order valence-electron chi connectivity index (χ1n) is 4.99. The minimum atomic E-state index is -0.969. The zero-order valence-electron chi connectivity index (χ0n) is 9.44. The van der Waals surface area contributed by atoms with Gasteiger partial charge in [0.2, 0.25) is 0 Å². The molecule has 1 heterocycles. The molecule has 1 aromatic carbocycles. The Bertz CT molecular complexity index is 601. The average Bonchev–Trinajstić information content (AvgIpc) is 2.68. The van der Waals surface area contributed by atoms with Gasteiger partial charge in [0, 0.05) is 11.3 Å². The summed E-state index contributed by atoms with van der Waals surface area (Å²) >= 11 is 0. The highest BCUT2D eigenvalue weighted by Crippen LogP contribution is 2.27. The fraction of sp³-hybridized carbons (Fsp3) is 0.300. The van der Waals surface area contributed by atoms with E-state index in [1.165, 1.54) is 18.2 Å². The number of tetrazole rings is 1. The standard InChI is InChI=1S/C10H12FN5O/c1-10(2,16-9(17)13-14-15-16)7-5-6(12)3-4-8(7)11/h3-5H,12H2,1-2H3,(H,13,15,17). The quantitative estimate of drug-likeness (QED) is 0.743. The predicted molar refractivity (Wildman–Crippen MR) is 59.9 cm³/mol. The molecule has 2 rings (SSSR count). The Balaban J connectivity index is 2.63. The van der Waals surface area contributed by atoms with Crippen molar-refractivity contribution < 1.29 is 4.39 Å². The highest BCUT2D eigenvalue weighted by atomic mass is 19.1. The van der Waals surface area contributed by atoms with Crippen molar-refractivity contribution in [3.8, 4) is 0 Å². The van der Waals surface area contributed by atoms with Gasteiger partial charge in [0.1, 0.15) is 5.82 Å². The Hall–Kier alpha value is -2.18. The summed E-state index contributed by atoms with van der Waals surface area (Å²) in [7, 11) is 0. The summed E-state index contributed by atoms with van der Waals surface area (Å²) in [5.74, 6) is -0.445. The number of nitrogens with one attached hydrogen (secondary N) is 1. The lowest BCUT2D eigenvalue weighted by Gasteiger charge is -2.24. The molecule has 0 bridgehead atoms. The van der Waals surface area contributed by atoms with Crippen LogP contribution in [0.2, 0.25) is 0 Å². The number of nitrogens with two attached hydrogens (primary N) is 1. The Morgan fingerprint density at radius 1 is 1.47 bits per heavy atom. The molecule has 0 radical (unpaired) electrons. The molecule has 0 saturated heterocycles. The number of aromatic nitrogens is 4. The summed E-state index contributed by atoms with van der Waals surface area (Å²) in [5.41, 5.74) is 4.85. The van der Waals surface area contributed by atoms with Gasteiger partial charge in [-0.2, -0.15) is 4.68 Å². The summed E-state index contributed by atoms with van der Waals surface area (Å²) in [6, 6.07) is 4.20. The highest BCUT2D eigenvalue weighted by Gasteiger charge is 2.29. The lowest BCUT2D eigenvalue weighted by Crippen LogP contribution is -2.37. The molecule has 0 aliphatic rings. The van der Waals surface area contributed by atoms with Gasteiger partial charge >= 0.3 is 5.69 Å². The largest absolute Gasteiger partial charge is 0.399 e. The number of halogens is 1. The zero-order chi connectivity index (χ0) is 12.6. The summed E-state index contributed by atoms with van der Waals surface area (Å²) in [4.78, 5) is 11.5. The van der Waals surface area contributed by atoms with Crippen LogP contribution in [-0.4, -0.2) is 20.2 Å². The molecular weight excluding hydrogens is 225 g/mol. The van der Waals surface area contributed by atoms with Gasteiger partial charge in [-0.1, -0.05) is 0 Å². The summed E-state index contributed by atoms with van der Waals surface area (Å²) in [6.45, 7) is 3.32. The van der Waals surface area contributed by atoms with E-state index < -0.39 is 17.0 Å². The summed E-state index contributed by atoms with van der Waals surface area (Å²) in [5, 5.41) is 9.18. The highest BCUT2D eigenvalue weighted by molar-refractivity contribution is 5.43. The molecular formula is C10H12FN5O. The lowest BCUT2D eigenvalue weighted by atomic mass is 9.93. The van der Waals surface area contributed by atoms with Gasteiger partial charge in [-0.15, -0.1) is 0 Å². The van der Waals surface area contributed by atoms with Crippen molar-refractivity contribution in [2.75, 3.05) is 5.73 Å². The maximum atomic E-state index is 13.8. The number of hydrogen-bond acceptors (Lipinski definition) is 4. The molecule has 0 saturated carbocycles. The van der Waals surface area contributed by atoms with Crippen molar-refractivity contribution in [1.82, 2.24) is 20.2 Å². The summed E-state index contributed by atoms with van der Waals surface area (Å²) in [6.07, 6.45) is 0. The van der Waals surface area contributed by atoms with Crippen LogP contribution in [0.3, 0.4) is 0 Å². The van der Waals surface area contributed by atoms with Crippen LogP contribution in [0.5, 0.6) is 0 Å². The maximum absolute atomic E-state index is 13.8. The second kappa shape index (κ2) is 3.69. The van der Waals surface area contributed by atoms with Gasteiger partial charge in [-0.05, 0) is 42.5 Å². The first-order valence-corrected chi connectivity index (χ1v) is 4.99. The van der Waals surface area contributed by atoms with Gasteiger partial charge in [0.15, 0.2) is 0 Å². The molecule has 0 unspecified atom stereocenters. The average molecular weight is 237 g/mol. The second-order valence-electron chi connectivity index (χ2n) is 4.22. The number of benzene rings is 1. The van der Waals surface area contributed by atoms with Gasteiger partial charge in [0.25, 0.3) is 0 Å². The van der Waals surface area contributed by atoms with Crippen LogP contribution in [0.25, 0.3) is 0 Å². The Labute approximate surface area is 96.2 Å². The fourth-order valence-electron chi connectivity index (χ4n) is 1.69. The molecule has 0 fully saturated rings. The lowest BCUT2D eigenvalue weighted by molar-refractivity contribution is 0.355. The molecule has 0 amide bonds. The molecule has 17 heavy (non-hydrogen) atoms. The van der Waals surface area contributed by atoms with Crippen molar-refractivity contribution in [2.24, 2.45) is 0 Å². The molecule has 6 nitrogen and oxygen atoms in total. The van der Waals surface area contributed by atoms with E-state index in [1.807, 2.05) is 0 Å². The second-order valence-corrected chi connectivity index (χ2v) is 4.22. The normalized spacial score (nSPS) is 11.7. The number of rotatable bonds is 2. The first-order chi connectivity index (χ1) is 7.93. The molecule has 90 valence electrons. The smallest absolute Gasteiger partial charge is 0.361 e. The third kappa shape index (κ3) is 1.79. The Kier molecular flexibility index (Phi) is 2.45. The van der Waals surface area contributed by atoms with Crippen LogP contribution in [0.4, 0.5) is 10.1 Å².